The largest absolute Gasteiger partial charge is 0.401 e. The summed E-state index contributed by atoms with van der Waals surface area (Å²) in [5, 5.41) is 0. The van der Waals surface area contributed by atoms with Gasteiger partial charge in [-0.05, 0) is 12.3 Å². The van der Waals surface area contributed by atoms with E-state index in [9.17, 15) is 18.0 Å². The highest BCUT2D eigenvalue weighted by molar-refractivity contribution is 5.85. The SMILES string of the molecule is Cl.NC(CC1CCCCC1)C(=O)N1CCN(CC(F)(F)F)CC1. The van der Waals surface area contributed by atoms with Crippen molar-refractivity contribution in [2.75, 3.05) is 32.7 Å². The Bertz CT molecular complexity index is 367. The molecule has 2 N–H and O–H groups in total. The van der Waals surface area contributed by atoms with Gasteiger partial charge < -0.3 is 10.6 Å². The minimum absolute atomic E-state index is 0. The monoisotopic (exact) mass is 357 g/mol. The molecular weight excluding hydrogens is 331 g/mol. The van der Waals surface area contributed by atoms with Crippen molar-refractivity contribution in [1.82, 2.24) is 9.80 Å². The molecule has 4 nitrogen and oxygen atoms in total. The highest BCUT2D eigenvalue weighted by atomic mass is 35.5. The molecule has 0 aromatic heterocycles. The van der Waals surface area contributed by atoms with Gasteiger partial charge in [0.15, 0.2) is 0 Å². The van der Waals surface area contributed by atoms with Gasteiger partial charge in [0.2, 0.25) is 5.91 Å². The van der Waals surface area contributed by atoms with Gasteiger partial charge in [-0.25, -0.2) is 0 Å². The van der Waals surface area contributed by atoms with E-state index in [1.54, 1.807) is 4.90 Å². The number of hydrogen-bond donors (Lipinski definition) is 1. The molecule has 1 saturated heterocycles. The van der Waals surface area contributed by atoms with Crippen molar-refractivity contribution in [3.05, 3.63) is 0 Å². The molecule has 1 heterocycles. The van der Waals surface area contributed by atoms with Crippen LogP contribution in [-0.4, -0.2) is 60.6 Å². The third-order valence-corrected chi connectivity index (χ3v) is 4.72. The van der Waals surface area contributed by atoms with Crippen LogP contribution in [0.15, 0.2) is 0 Å². The first-order valence-electron chi connectivity index (χ1n) is 8.18. The van der Waals surface area contributed by atoms with Gasteiger partial charge in [-0.15, -0.1) is 12.4 Å². The van der Waals surface area contributed by atoms with E-state index in [-0.39, 0.29) is 31.4 Å². The first-order valence-corrected chi connectivity index (χ1v) is 8.18. The second-order valence-electron chi connectivity index (χ2n) is 6.56. The quantitative estimate of drug-likeness (QED) is 0.840. The fraction of sp³-hybridized carbons (Fsp3) is 0.933. The molecule has 8 heteroatoms. The molecule has 1 atom stereocenters. The van der Waals surface area contributed by atoms with Gasteiger partial charge in [0.05, 0.1) is 12.6 Å². The summed E-state index contributed by atoms with van der Waals surface area (Å²) in [6.07, 6.45) is 2.50. The van der Waals surface area contributed by atoms with E-state index >= 15 is 0 Å². The van der Waals surface area contributed by atoms with Crippen LogP contribution in [0.5, 0.6) is 0 Å². The minimum atomic E-state index is -4.18. The van der Waals surface area contributed by atoms with Gasteiger partial charge >= 0.3 is 6.18 Å². The Balaban J connectivity index is 0.00000264. The molecule has 136 valence electrons. The van der Waals surface area contributed by atoms with Gasteiger partial charge in [0.25, 0.3) is 0 Å². The number of nitrogens with two attached hydrogens (primary N) is 1. The summed E-state index contributed by atoms with van der Waals surface area (Å²) in [6, 6.07) is -0.503. The minimum Gasteiger partial charge on any atom is -0.339 e. The molecule has 2 fully saturated rings. The molecular formula is C15H27ClF3N3O. The van der Waals surface area contributed by atoms with Crippen LogP contribution >= 0.6 is 12.4 Å². The maximum absolute atomic E-state index is 12.3. The summed E-state index contributed by atoms with van der Waals surface area (Å²) < 4.78 is 37.0. The lowest BCUT2D eigenvalue weighted by molar-refractivity contribution is -0.152. The van der Waals surface area contributed by atoms with Crippen LogP contribution in [-0.2, 0) is 4.79 Å². The van der Waals surface area contributed by atoms with Crippen molar-refractivity contribution in [1.29, 1.82) is 0 Å². The maximum Gasteiger partial charge on any atom is 0.401 e. The van der Waals surface area contributed by atoms with Gasteiger partial charge in [-0.3, -0.25) is 9.69 Å². The van der Waals surface area contributed by atoms with Gasteiger partial charge in [-0.1, -0.05) is 32.1 Å². The number of piperazine rings is 1. The fourth-order valence-corrected chi connectivity index (χ4v) is 3.50. The molecule has 0 aromatic rings. The van der Waals surface area contributed by atoms with Crippen LogP contribution in [0.4, 0.5) is 13.2 Å². The highest BCUT2D eigenvalue weighted by Crippen LogP contribution is 2.27. The topological polar surface area (TPSA) is 49.6 Å². The van der Waals surface area contributed by atoms with Crippen LogP contribution in [0.2, 0.25) is 0 Å². The van der Waals surface area contributed by atoms with E-state index in [1.165, 1.54) is 24.2 Å². The smallest absolute Gasteiger partial charge is 0.339 e. The Morgan fingerprint density at radius 2 is 1.65 bits per heavy atom. The molecule has 2 rings (SSSR count). The van der Waals surface area contributed by atoms with Gasteiger partial charge in [0.1, 0.15) is 0 Å². The molecule has 1 unspecified atom stereocenters. The Hall–Kier alpha value is -0.530. The third kappa shape index (κ3) is 6.85. The van der Waals surface area contributed by atoms with Crippen molar-refractivity contribution < 1.29 is 18.0 Å². The lowest BCUT2D eigenvalue weighted by Crippen LogP contribution is -2.54. The number of hydrogen-bond acceptors (Lipinski definition) is 3. The Kier molecular flexibility index (Phi) is 8.10. The summed E-state index contributed by atoms with van der Waals surface area (Å²) in [5.41, 5.74) is 6.03. The van der Waals surface area contributed by atoms with Crippen LogP contribution in [0, 0.1) is 5.92 Å². The number of alkyl halides is 3. The van der Waals surface area contributed by atoms with E-state index < -0.39 is 18.8 Å². The molecule has 0 radical (unpaired) electrons. The number of nitrogens with zero attached hydrogens (tertiary/aromatic N) is 2. The summed E-state index contributed by atoms with van der Waals surface area (Å²) in [7, 11) is 0. The number of rotatable bonds is 4. The van der Waals surface area contributed by atoms with Gasteiger partial charge in [0, 0.05) is 26.2 Å². The maximum atomic E-state index is 12.3. The molecule has 1 saturated carbocycles. The number of amides is 1. The number of halogens is 4. The zero-order chi connectivity index (χ0) is 16.2. The second kappa shape index (κ2) is 9.08. The molecule has 0 spiro atoms. The molecule has 1 amide bonds. The van der Waals surface area contributed by atoms with E-state index in [0.29, 0.717) is 25.4 Å². The summed E-state index contributed by atoms with van der Waals surface area (Å²) in [5.74, 6) is 0.427. The predicted molar refractivity (Wildman–Crippen MR) is 85.5 cm³/mol. The van der Waals surface area contributed by atoms with Crippen molar-refractivity contribution >= 4 is 18.3 Å². The molecule has 1 aliphatic heterocycles. The standard InChI is InChI=1S/C15H26F3N3O.ClH/c16-15(17,18)11-20-6-8-21(9-7-20)14(22)13(19)10-12-4-2-1-3-5-12;/h12-13H,1-11,19H2;1H. The van der Waals surface area contributed by atoms with Crippen molar-refractivity contribution in [2.24, 2.45) is 11.7 Å². The average molecular weight is 358 g/mol. The predicted octanol–water partition coefficient (Wildman–Crippen LogP) is 2.41. The summed E-state index contributed by atoms with van der Waals surface area (Å²) in [4.78, 5) is 15.3. The van der Waals surface area contributed by atoms with Crippen LogP contribution in [0.25, 0.3) is 0 Å². The van der Waals surface area contributed by atoms with Crippen LogP contribution in [0.1, 0.15) is 38.5 Å². The molecule has 23 heavy (non-hydrogen) atoms. The van der Waals surface area contributed by atoms with E-state index in [1.807, 2.05) is 0 Å². The molecule has 1 aliphatic carbocycles. The second-order valence-corrected chi connectivity index (χ2v) is 6.56. The van der Waals surface area contributed by atoms with E-state index in [0.717, 1.165) is 12.8 Å². The zero-order valence-corrected chi connectivity index (χ0v) is 14.2. The lowest BCUT2D eigenvalue weighted by Gasteiger charge is -2.36. The normalized spacial score (nSPS) is 22.5. The number of carbonyl (C=O) groups is 1. The Morgan fingerprint density at radius 3 is 2.17 bits per heavy atom. The van der Waals surface area contributed by atoms with Crippen LogP contribution < -0.4 is 5.73 Å². The van der Waals surface area contributed by atoms with Crippen molar-refractivity contribution in [3.63, 3.8) is 0 Å². The molecule has 0 aromatic carbocycles. The van der Waals surface area contributed by atoms with E-state index in [2.05, 4.69) is 0 Å². The van der Waals surface area contributed by atoms with Crippen LogP contribution in [0.3, 0.4) is 0 Å². The highest BCUT2D eigenvalue weighted by Gasteiger charge is 2.33. The van der Waals surface area contributed by atoms with Crippen molar-refractivity contribution in [2.45, 2.75) is 50.7 Å². The molecule has 2 aliphatic rings. The molecule has 0 bridgehead atoms. The lowest BCUT2D eigenvalue weighted by atomic mass is 9.84. The first-order chi connectivity index (χ1) is 10.3. The summed E-state index contributed by atoms with van der Waals surface area (Å²) in [6.45, 7) is 0.312. The Labute approximate surface area is 142 Å². The summed E-state index contributed by atoms with van der Waals surface area (Å²) >= 11 is 0. The fourth-order valence-electron chi connectivity index (χ4n) is 3.50. The zero-order valence-electron chi connectivity index (χ0n) is 13.4. The van der Waals surface area contributed by atoms with Gasteiger partial charge in [-0.2, -0.15) is 13.2 Å². The first kappa shape index (κ1) is 20.5. The van der Waals surface area contributed by atoms with Crippen molar-refractivity contribution in [3.8, 4) is 0 Å². The number of carbonyl (C=O) groups excluding carboxylic acids is 1. The average Bonchev–Trinajstić information content (AvgIpc) is 2.46. The van der Waals surface area contributed by atoms with E-state index in [4.69, 9.17) is 5.73 Å². The third-order valence-electron chi connectivity index (χ3n) is 4.72. The Morgan fingerprint density at radius 1 is 1.09 bits per heavy atom.